The number of likely N-dealkylation sites (tertiary alicyclic amines) is 1. The van der Waals surface area contributed by atoms with Crippen LogP contribution < -0.4 is 0 Å². The van der Waals surface area contributed by atoms with Gasteiger partial charge in [-0.1, -0.05) is 6.92 Å². The standard InChI is InChI=1S/C10H21NO3/c1-10(7-12,8-13)6-11-4-3-9(5-11)14-2/h9,12-13H,3-8H2,1-2H3. The molecule has 2 N–H and O–H groups in total. The van der Waals surface area contributed by atoms with Crippen molar-refractivity contribution in [1.82, 2.24) is 4.90 Å². The summed E-state index contributed by atoms with van der Waals surface area (Å²) in [5, 5.41) is 18.3. The average molecular weight is 203 g/mol. The lowest BCUT2D eigenvalue weighted by Crippen LogP contribution is -2.40. The Labute approximate surface area is 85.5 Å². The van der Waals surface area contributed by atoms with Crippen LogP contribution in [0.3, 0.4) is 0 Å². The highest BCUT2D eigenvalue weighted by Gasteiger charge is 2.30. The van der Waals surface area contributed by atoms with Crippen molar-refractivity contribution in [3.05, 3.63) is 0 Å². The maximum atomic E-state index is 9.15. The van der Waals surface area contributed by atoms with Crippen LogP contribution in [0.5, 0.6) is 0 Å². The molecule has 4 heteroatoms. The lowest BCUT2D eigenvalue weighted by atomic mass is 9.92. The molecule has 4 nitrogen and oxygen atoms in total. The van der Waals surface area contributed by atoms with Crippen molar-refractivity contribution in [3.63, 3.8) is 0 Å². The van der Waals surface area contributed by atoms with Gasteiger partial charge in [0, 0.05) is 32.2 Å². The average Bonchev–Trinajstić information content (AvgIpc) is 2.65. The molecular formula is C10H21NO3. The number of nitrogens with zero attached hydrogens (tertiary/aromatic N) is 1. The van der Waals surface area contributed by atoms with Crippen LogP contribution in [0.15, 0.2) is 0 Å². The Morgan fingerprint density at radius 2 is 2.07 bits per heavy atom. The van der Waals surface area contributed by atoms with Crippen LogP contribution in [0, 0.1) is 5.41 Å². The first-order valence-corrected chi connectivity index (χ1v) is 5.10. The van der Waals surface area contributed by atoms with Crippen LogP contribution in [0.2, 0.25) is 0 Å². The summed E-state index contributed by atoms with van der Waals surface area (Å²) in [5.41, 5.74) is -0.386. The first kappa shape index (κ1) is 11.9. The molecule has 0 radical (unpaired) electrons. The molecule has 0 aromatic rings. The molecule has 1 aliphatic heterocycles. The summed E-state index contributed by atoms with van der Waals surface area (Å²) in [6, 6.07) is 0. The Morgan fingerprint density at radius 3 is 2.50 bits per heavy atom. The third-order valence-electron chi connectivity index (χ3n) is 2.93. The maximum Gasteiger partial charge on any atom is 0.0710 e. The Hall–Kier alpha value is -0.160. The van der Waals surface area contributed by atoms with Crippen molar-refractivity contribution >= 4 is 0 Å². The molecule has 1 fully saturated rings. The van der Waals surface area contributed by atoms with E-state index in [0.717, 1.165) is 26.1 Å². The fourth-order valence-corrected chi connectivity index (χ4v) is 1.82. The molecule has 14 heavy (non-hydrogen) atoms. The quantitative estimate of drug-likeness (QED) is 0.644. The number of aliphatic hydroxyl groups excluding tert-OH is 2. The van der Waals surface area contributed by atoms with Gasteiger partial charge in [0.2, 0.25) is 0 Å². The van der Waals surface area contributed by atoms with Crippen LogP contribution >= 0.6 is 0 Å². The van der Waals surface area contributed by atoms with Crippen molar-refractivity contribution in [1.29, 1.82) is 0 Å². The van der Waals surface area contributed by atoms with Crippen LogP contribution in [0.4, 0.5) is 0 Å². The topological polar surface area (TPSA) is 52.9 Å². The first-order chi connectivity index (χ1) is 6.63. The van der Waals surface area contributed by atoms with E-state index in [0.29, 0.717) is 6.10 Å². The van der Waals surface area contributed by atoms with Crippen LogP contribution in [0.25, 0.3) is 0 Å². The smallest absolute Gasteiger partial charge is 0.0710 e. The van der Waals surface area contributed by atoms with Gasteiger partial charge in [0.05, 0.1) is 19.3 Å². The van der Waals surface area contributed by atoms with E-state index in [2.05, 4.69) is 4.90 Å². The normalized spacial score (nSPS) is 24.4. The van der Waals surface area contributed by atoms with Gasteiger partial charge in [-0.15, -0.1) is 0 Å². The summed E-state index contributed by atoms with van der Waals surface area (Å²) in [7, 11) is 1.73. The highest BCUT2D eigenvalue weighted by atomic mass is 16.5. The van der Waals surface area contributed by atoms with E-state index < -0.39 is 0 Å². The van der Waals surface area contributed by atoms with E-state index in [4.69, 9.17) is 14.9 Å². The zero-order chi connectivity index (χ0) is 10.6. The van der Waals surface area contributed by atoms with Gasteiger partial charge < -0.3 is 14.9 Å². The zero-order valence-electron chi connectivity index (χ0n) is 9.07. The number of hydrogen-bond donors (Lipinski definition) is 2. The molecule has 0 aromatic heterocycles. The Bertz CT molecular complexity index is 171. The van der Waals surface area contributed by atoms with Gasteiger partial charge in [0.1, 0.15) is 0 Å². The largest absolute Gasteiger partial charge is 0.396 e. The third-order valence-corrected chi connectivity index (χ3v) is 2.93. The van der Waals surface area contributed by atoms with Crippen molar-refractivity contribution in [2.45, 2.75) is 19.4 Å². The monoisotopic (exact) mass is 203 g/mol. The van der Waals surface area contributed by atoms with Crippen LogP contribution in [-0.2, 0) is 4.74 Å². The molecule has 0 aromatic carbocycles. The van der Waals surface area contributed by atoms with Crippen LogP contribution in [0.1, 0.15) is 13.3 Å². The van der Waals surface area contributed by atoms with Crippen LogP contribution in [-0.4, -0.2) is 61.2 Å². The minimum absolute atomic E-state index is 0.0254. The minimum atomic E-state index is -0.386. The second kappa shape index (κ2) is 5.07. The molecule has 0 bridgehead atoms. The highest BCUT2D eigenvalue weighted by Crippen LogP contribution is 2.20. The predicted molar refractivity (Wildman–Crippen MR) is 54.1 cm³/mol. The van der Waals surface area contributed by atoms with Crippen molar-refractivity contribution in [3.8, 4) is 0 Å². The second-order valence-corrected chi connectivity index (χ2v) is 4.51. The molecule has 0 amide bonds. The Morgan fingerprint density at radius 1 is 1.43 bits per heavy atom. The zero-order valence-corrected chi connectivity index (χ0v) is 9.07. The lowest BCUT2D eigenvalue weighted by Gasteiger charge is -2.30. The molecule has 1 aliphatic rings. The molecule has 84 valence electrons. The number of methoxy groups -OCH3 is 1. The molecule has 1 saturated heterocycles. The molecule has 1 atom stereocenters. The summed E-state index contributed by atoms with van der Waals surface area (Å²) in [5.74, 6) is 0. The fourth-order valence-electron chi connectivity index (χ4n) is 1.82. The molecule has 0 aliphatic carbocycles. The maximum absolute atomic E-state index is 9.15. The second-order valence-electron chi connectivity index (χ2n) is 4.51. The summed E-state index contributed by atoms with van der Waals surface area (Å²) < 4.78 is 5.26. The fraction of sp³-hybridized carbons (Fsp3) is 1.00. The molecule has 1 rings (SSSR count). The Kier molecular flexibility index (Phi) is 4.31. The summed E-state index contributed by atoms with van der Waals surface area (Å²) >= 11 is 0. The number of ether oxygens (including phenoxy) is 1. The van der Waals surface area contributed by atoms with E-state index in [9.17, 15) is 0 Å². The molecule has 0 saturated carbocycles. The molecule has 0 spiro atoms. The van der Waals surface area contributed by atoms with Gasteiger partial charge in [-0.3, -0.25) is 4.90 Å². The van der Waals surface area contributed by atoms with E-state index in [-0.39, 0.29) is 18.6 Å². The summed E-state index contributed by atoms with van der Waals surface area (Å²) in [4.78, 5) is 2.24. The minimum Gasteiger partial charge on any atom is -0.396 e. The van der Waals surface area contributed by atoms with Crippen molar-refractivity contribution < 1.29 is 14.9 Å². The molecule has 1 unspecified atom stereocenters. The van der Waals surface area contributed by atoms with E-state index in [1.165, 1.54) is 0 Å². The van der Waals surface area contributed by atoms with E-state index >= 15 is 0 Å². The predicted octanol–water partition coefficient (Wildman–Crippen LogP) is -0.302. The molecular weight excluding hydrogens is 182 g/mol. The van der Waals surface area contributed by atoms with Crippen molar-refractivity contribution in [2.75, 3.05) is 40.0 Å². The van der Waals surface area contributed by atoms with Gasteiger partial charge in [-0.2, -0.15) is 0 Å². The van der Waals surface area contributed by atoms with Gasteiger partial charge in [-0.25, -0.2) is 0 Å². The van der Waals surface area contributed by atoms with E-state index in [1.807, 2.05) is 6.92 Å². The summed E-state index contributed by atoms with van der Waals surface area (Å²) in [6.45, 7) is 4.59. The summed E-state index contributed by atoms with van der Waals surface area (Å²) in [6.07, 6.45) is 1.36. The highest BCUT2D eigenvalue weighted by molar-refractivity contribution is 4.82. The SMILES string of the molecule is COC1CCN(CC(C)(CO)CO)C1. The van der Waals surface area contributed by atoms with Gasteiger partial charge in [0.25, 0.3) is 0 Å². The number of hydrogen-bond acceptors (Lipinski definition) is 4. The third kappa shape index (κ3) is 2.92. The number of rotatable bonds is 5. The van der Waals surface area contributed by atoms with E-state index in [1.54, 1.807) is 7.11 Å². The van der Waals surface area contributed by atoms with Gasteiger partial charge in [0.15, 0.2) is 0 Å². The van der Waals surface area contributed by atoms with Gasteiger partial charge >= 0.3 is 0 Å². The van der Waals surface area contributed by atoms with Crippen molar-refractivity contribution in [2.24, 2.45) is 5.41 Å². The first-order valence-electron chi connectivity index (χ1n) is 5.10. The molecule has 1 heterocycles. The Balaban J connectivity index is 2.37. The number of aliphatic hydroxyl groups is 2. The van der Waals surface area contributed by atoms with Gasteiger partial charge in [-0.05, 0) is 6.42 Å². The lowest BCUT2D eigenvalue weighted by molar-refractivity contribution is 0.0349.